The van der Waals surface area contributed by atoms with Crippen LogP contribution in [-0.2, 0) is 14.8 Å². The van der Waals surface area contributed by atoms with Crippen LogP contribution >= 0.6 is 0 Å². The molecule has 2 aromatic rings. The van der Waals surface area contributed by atoms with E-state index in [1.54, 1.807) is 6.92 Å². The summed E-state index contributed by atoms with van der Waals surface area (Å²) in [6.45, 7) is 4.77. The highest BCUT2D eigenvalue weighted by molar-refractivity contribution is 7.89. The van der Waals surface area contributed by atoms with Crippen LogP contribution in [-0.4, -0.2) is 40.2 Å². The largest absolute Gasteiger partial charge is 0.360 e. The molecule has 2 aromatic heterocycles. The molecule has 148 valence electrons. The van der Waals surface area contributed by atoms with E-state index in [1.165, 1.54) is 13.8 Å². The Hall–Kier alpha value is -2.31. The molecule has 11 nitrogen and oxygen atoms in total. The molecule has 0 aliphatic heterocycles. The van der Waals surface area contributed by atoms with E-state index in [4.69, 9.17) is 10.3 Å². The van der Waals surface area contributed by atoms with Crippen molar-refractivity contribution in [3.8, 4) is 0 Å². The zero-order chi connectivity index (χ0) is 19.8. The number of hydrogen-bond donors (Lipinski definition) is 4. The quantitative estimate of drug-likeness (QED) is 0.551. The maximum Gasteiger partial charge on any atom is 0.248 e. The van der Waals surface area contributed by atoms with Gasteiger partial charge in [-0.1, -0.05) is 18.0 Å². The average molecular weight is 397 g/mol. The van der Waals surface area contributed by atoms with Gasteiger partial charge in [0.15, 0.2) is 5.76 Å². The third-order valence-electron chi connectivity index (χ3n) is 4.62. The van der Waals surface area contributed by atoms with Gasteiger partial charge in [0, 0.05) is 0 Å². The zero-order valence-corrected chi connectivity index (χ0v) is 16.2. The molecule has 5 N–H and O–H groups in total. The van der Waals surface area contributed by atoms with Gasteiger partial charge in [0.2, 0.25) is 21.9 Å². The van der Waals surface area contributed by atoms with Gasteiger partial charge in [-0.05, 0) is 33.6 Å². The number of aromatic amines is 1. The molecule has 1 unspecified atom stereocenters. The van der Waals surface area contributed by atoms with Crippen LogP contribution in [0.25, 0.3) is 0 Å². The number of hydrogen-bond acceptors (Lipinski definition) is 8. The average Bonchev–Trinajstić information content (AvgIpc) is 3.28. The lowest BCUT2D eigenvalue weighted by Gasteiger charge is -2.27. The Labute approximate surface area is 156 Å². The molecule has 0 radical (unpaired) electrons. The second kappa shape index (κ2) is 7.02. The number of nitrogens with two attached hydrogens (primary N) is 1. The minimum atomic E-state index is -4.00. The fraction of sp³-hybridized carbons (Fsp3) is 0.600. The number of carbonyl (C=O) groups is 1. The summed E-state index contributed by atoms with van der Waals surface area (Å²) in [5, 5.41) is 12.8. The van der Waals surface area contributed by atoms with E-state index in [9.17, 15) is 13.2 Å². The summed E-state index contributed by atoms with van der Waals surface area (Å²) < 4.78 is 33.3. The van der Waals surface area contributed by atoms with Crippen LogP contribution in [0, 0.1) is 13.8 Å². The van der Waals surface area contributed by atoms with Gasteiger partial charge in [-0.15, -0.1) is 5.10 Å². The molecule has 1 saturated carbocycles. The Morgan fingerprint density at radius 3 is 2.52 bits per heavy atom. The van der Waals surface area contributed by atoms with Crippen molar-refractivity contribution < 1.29 is 17.7 Å². The molecule has 1 amide bonds. The van der Waals surface area contributed by atoms with Crippen molar-refractivity contribution in [3.63, 3.8) is 0 Å². The van der Waals surface area contributed by atoms with Crippen LogP contribution in [0.4, 0.5) is 5.95 Å². The number of H-pyrrole nitrogens is 1. The monoisotopic (exact) mass is 397 g/mol. The number of rotatable bonds is 6. The molecule has 27 heavy (non-hydrogen) atoms. The summed E-state index contributed by atoms with van der Waals surface area (Å²) in [5.41, 5.74) is 4.67. The number of aromatic nitrogens is 4. The van der Waals surface area contributed by atoms with Crippen molar-refractivity contribution in [2.24, 2.45) is 5.73 Å². The summed E-state index contributed by atoms with van der Waals surface area (Å²) >= 11 is 0. The van der Waals surface area contributed by atoms with E-state index in [0.29, 0.717) is 18.7 Å². The molecule has 3 rings (SSSR count). The van der Waals surface area contributed by atoms with Crippen molar-refractivity contribution in [3.05, 3.63) is 17.3 Å². The first-order valence-corrected chi connectivity index (χ1v) is 10.1. The summed E-state index contributed by atoms with van der Waals surface area (Å²) in [4.78, 5) is 17.0. The second-order valence-electron chi connectivity index (χ2n) is 6.84. The molecule has 1 atom stereocenters. The molecule has 2 heterocycles. The molecule has 0 aromatic carbocycles. The number of sulfonamides is 1. The molecule has 0 spiro atoms. The highest BCUT2D eigenvalue weighted by Crippen LogP contribution is 2.33. The maximum absolute atomic E-state index is 12.9. The van der Waals surface area contributed by atoms with Gasteiger partial charge >= 0.3 is 0 Å². The second-order valence-corrected chi connectivity index (χ2v) is 8.45. The van der Waals surface area contributed by atoms with Crippen LogP contribution in [0.5, 0.6) is 0 Å². The topological polar surface area (TPSA) is 169 Å². The predicted molar refractivity (Wildman–Crippen MR) is 95.1 cm³/mol. The van der Waals surface area contributed by atoms with Crippen LogP contribution in [0.3, 0.4) is 0 Å². The fourth-order valence-corrected chi connectivity index (χ4v) is 5.03. The smallest absolute Gasteiger partial charge is 0.248 e. The normalized spacial score (nSPS) is 17.8. The molecule has 1 aliphatic rings. The Bertz CT molecular complexity index is 922. The lowest BCUT2D eigenvalue weighted by molar-refractivity contribution is -0.121. The summed E-state index contributed by atoms with van der Waals surface area (Å²) in [7, 11) is -4.00. The van der Waals surface area contributed by atoms with Gasteiger partial charge in [0.1, 0.15) is 22.0 Å². The van der Waals surface area contributed by atoms with E-state index in [1.807, 2.05) is 0 Å². The van der Waals surface area contributed by atoms with Gasteiger partial charge in [-0.3, -0.25) is 15.2 Å². The van der Waals surface area contributed by atoms with E-state index in [-0.39, 0.29) is 28.3 Å². The number of anilines is 1. The van der Waals surface area contributed by atoms with Crippen molar-refractivity contribution in [1.29, 1.82) is 0 Å². The first kappa shape index (κ1) is 19.5. The third-order valence-corrected chi connectivity index (χ3v) is 6.40. The lowest BCUT2D eigenvalue weighted by Crippen LogP contribution is -2.55. The Morgan fingerprint density at radius 1 is 1.33 bits per heavy atom. The Morgan fingerprint density at radius 2 is 2.00 bits per heavy atom. The molecule has 12 heteroatoms. The molecule has 0 bridgehead atoms. The van der Waals surface area contributed by atoms with Gasteiger partial charge in [-0.25, -0.2) is 8.42 Å². The number of aryl methyl sites for hydroxylation is 2. The van der Waals surface area contributed by atoms with Crippen LogP contribution in [0.15, 0.2) is 9.42 Å². The SMILES string of the molecule is Cc1noc(C)c1S(=O)(=O)NC1(C(=O)Nc2n[nH]c(C(C)N)n2)CCCC1. The first-order chi connectivity index (χ1) is 12.6. The number of nitrogens with zero attached hydrogens (tertiary/aromatic N) is 3. The summed E-state index contributed by atoms with van der Waals surface area (Å²) in [6, 6.07) is -0.373. The van der Waals surface area contributed by atoms with E-state index < -0.39 is 21.5 Å². The predicted octanol–water partition coefficient (Wildman–Crippen LogP) is 0.659. The minimum absolute atomic E-state index is 0.0429. The fourth-order valence-electron chi connectivity index (χ4n) is 3.28. The number of amides is 1. The lowest BCUT2D eigenvalue weighted by atomic mass is 9.98. The standard InChI is InChI=1S/C15H23N7O4S/c1-8(16)12-17-14(20-19-12)18-13(23)15(6-4-5-7-15)22-27(24,25)11-9(2)21-26-10(11)3/h8,22H,4-7,16H2,1-3H3,(H2,17,18,19,20,23). The van der Waals surface area contributed by atoms with E-state index in [0.717, 1.165) is 12.8 Å². The first-order valence-electron chi connectivity index (χ1n) is 8.61. The minimum Gasteiger partial charge on any atom is -0.360 e. The van der Waals surface area contributed by atoms with Crippen molar-refractivity contribution in [1.82, 2.24) is 25.1 Å². The maximum atomic E-state index is 12.9. The third kappa shape index (κ3) is 3.73. The van der Waals surface area contributed by atoms with E-state index >= 15 is 0 Å². The van der Waals surface area contributed by atoms with Crippen molar-refractivity contribution in [2.45, 2.75) is 62.9 Å². The molecule has 0 saturated heterocycles. The molecule has 1 aliphatic carbocycles. The Kier molecular flexibility index (Phi) is 5.06. The zero-order valence-electron chi connectivity index (χ0n) is 15.4. The highest BCUT2D eigenvalue weighted by atomic mass is 32.2. The van der Waals surface area contributed by atoms with Crippen molar-refractivity contribution >= 4 is 21.9 Å². The van der Waals surface area contributed by atoms with Crippen LogP contribution in [0.1, 0.15) is 55.9 Å². The van der Waals surface area contributed by atoms with Gasteiger partial charge in [0.05, 0.1) is 6.04 Å². The van der Waals surface area contributed by atoms with Crippen LogP contribution < -0.4 is 15.8 Å². The van der Waals surface area contributed by atoms with Gasteiger partial charge in [-0.2, -0.15) is 9.71 Å². The van der Waals surface area contributed by atoms with Crippen LogP contribution in [0.2, 0.25) is 0 Å². The molecule has 1 fully saturated rings. The van der Waals surface area contributed by atoms with Gasteiger partial charge in [0.25, 0.3) is 0 Å². The highest BCUT2D eigenvalue weighted by Gasteiger charge is 2.46. The summed E-state index contributed by atoms with van der Waals surface area (Å²) in [5.74, 6) is 0.131. The summed E-state index contributed by atoms with van der Waals surface area (Å²) in [6.07, 6.45) is 2.17. The van der Waals surface area contributed by atoms with E-state index in [2.05, 4.69) is 30.4 Å². The number of nitrogens with one attached hydrogen (secondary N) is 3. The number of carbonyl (C=O) groups excluding carboxylic acids is 1. The molecular weight excluding hydrogens is 374 g/mol. The Balaban J connectivity index is 1.86. The van der Waals surface area contributed by atoms with Crippen molar-refractivity contribution in [2.75, 3.05) is 5.32 Å². The van der Waals surface area contributed by atoms with Gasteiger partial charge < -0.3 is 10.3 Å². The molecular formula is C15H23N7O4S.